The van der Waals surface area contributed by atoms with E-state index in [0.717, 1.165) is 29.9 Å². The Morgan fingerprint density at radius 1 is 1.17 bits per heavy atom. The van der Waals surface area contributed by atoms with Gasteiger partial charge in [-0.05, 0) is 12.1 Å². The maximum absolute atomic E-state index is 13.8. The molecule has 4 rings (SSSR count). The summed E-state index contributed by atoms with van der Waals surface area (Å²) in [6, 6.07) is 6.68. The Hall–Kier alpha value is -2.55. The molecule has 1 aromatic heterocycles. The summed E-state index contributed by atoms with van der Waals surface area (Å²) < 4.78 is 42.2. The lowest BCUT2D eigenvalue weighted by Crippen LogP contribution is -2.48. The van der Waals surface area contributed by atoms with Crippen LogP contribution in [-0.2, 0) is 0 Å². The second kappa shape index (κ2) is 7.70. The topological polar surface area (TPSA) is 53.4 Å². The first-order valence-electron chi connectivity index (χ1n) is 9.85. The smallest absolute Gasteiger partial charge is 0.363 e. The molecule has 156 valence electrons. The average Bonchev–Trinajstić information content (AvgIpc) is 3.16. The van der Waals surface area contributed by atoms with E-state index in [-0.39, 0.29) is 23.7 Å². The van der Waals surface area contributed by atoms with Crippen molar-refractivity contribution in [1.82, 2.24) is 19.6 Å². The molecule has 2 aliphatic heterocycles. The van der Waals surface area contributed by atoms with Gasteiger partial charge < -0.3 is 15.1 Å². The van der Waals surface area contributed by atoms with Crippen LogP contribution in [0.1, 0.15) is 41.3 Å². The molecule has 0 radical (unpaired) electrons. The van der Waals surface area contributed by atoms with Gasteiger partial charge in [-0.3, -0.25) is 4.79 Å². The SMILES string of the molecule is CCN1CCN(C(=O)c2cnn3c2N[C@@H](c2ccccc2)C[C@@H]3C(F)(F)F)CC1. The molecule has 0 bridgehead atoms. The fourth-order valence-electron chi connectivity index (χ4n) is 4.06. The number of amides is 1. The minimum atomic E-state index is -4.46. The quantitative estimate of drug-likeness (QED) is 0.848. The minimum absolute atomic E-state index is 0.148. The van der Waals surface area contributed by atoms with Gasteiger partial charge in [0.15, 0.2) is 6.04 Å². The highest BCUT2D eigenvalue weighted by Crippen LogP contribution is 2.44. The van der Waals surface area contributed by atoms with E-state index >= 15 is 0 Å². The summed E-state index contributed by atoms with van der Waals surface area (Å²) in [6.07, 6.45) is -3.36. The van der Waals surface area contributed by atoms with Gasteiger partial charge in [0.2, 0.25) is 0 Å². The molecule has 2 atom stereocenters. The van der Waals surface area contributed by atoms with E-state index < -0.39 is 18.3 Å². The van der Waals surface area contributed by atoms with E-state index in [4.69, 9.17) is 0 Å². The third-order valence-electron chi connectivity index (χ3n) is 5.78. The number of halogens is 3. The van der Waals surface area contributed by atoms with Gasteiger partial charge in [-0.1, -0.05) is 37.3 Å². The van der Waals surface area contributed by atoms with Crippen LogP contribution in [0, 0.1) is 0 Å². The standard InChI is InChI=1S/C20H24F3N5O/c1-2-26-8-10-27(11-9-26)19(29)15-13-24-28-17(20(21,22)23)12-16(25-18(15)28)14-6-4-3-5-7-14/h3-7,13,16-17,25H,2,8-12H2,1H3/t16-,17-/m1/s1. The van der Waals surface area contributed by atoms with Crippen molar-refractivity contribution in [1.29, 1.82) is 0 Å². The second-order valence-corrected chi connectivity index (χ2v) is 7.48. The lowest BCUT2D eigenvalue weighted by Gasteiger charge is -2.36. The third-order valence-corrected chi connectivity index (χ3v) is 5.78. The first kappa shape index (κ1) is 19.8. The molecular formula is C20H24F3N5O. The highest BCUT2D eigenvalue weighted by molar-refractivity contribution is 5.99. The Morgan fingerprint density at radius 2 is 1.86 bits per heavy atom. The zero-order chi connectivity index (χ0) is 20.6. The molecule has 2 aliphatic rings. The van der Waals surface area contributed by atoms with Gasteiger partial charge in [-0.15, -0.1) is 0 Å². The Bertz CT molecular complexity index is 859. The van der Waals surface area contributed by atoms with E-state index in [1.54, 1.807) is 29.2 Å². The van der Waals surface area contributed by atoms with Crippen molar-refractivity contribution in [3.8, 4) is 0 Å². The number of fused-ring (bicyclic) bond motifs is 1. The monoisotopic (exact) mass is 407 g/mol. The number of hydrogen-bond acceptors (Lipinski definition) is 4. The number of nitrogens with zero attached hydrogens (tertiary/aromatic N) is 4. The molecule has 0 unspecified atom stereocenters. The van der Waals surface area contributed by atoms with E-state index in [2.05, 4.69) is 22.2 Å². The van der Waals surface area contributed by atoms with E-state index in [0.29, 0.717) is 13.1 Å². The molecular weight excluding hydrogens is 383 g/mol. The van der Waals surface area contributed by atoms with Crippen LogP contribution in [0.5, 0.6) is 0 Å². The van der Waals surface area contributed by atoms with Gasteiger partial charge in [0, 0.05) is 32.6 Å². The van der Waals surface area contributed by atoms with Crippen LogP contribution < -0.4 is 5.32 Å². The van der Waals surface area contributed by atoms with Crippen molar-refractivity contribution >= 4 is 11.7 Å². The number of anilines is 1. The fourth-order valence-corrected chi connectivity index (χ4v) is 4.06. The van der Waals surface area contributed by atoms with Gasteiger partial charge in [0.25, 0.3) is 5.91 Å². The van der Waals surface area contributed by atoms with E-state index in [9.17, 15) is 18.0 Å². The Morgan fingerprint density at radius 3 is 2.48 bits per heavy atom. The fraction of sp³-hybridized carbons (Fsp3) is 0.500. The molecule has 1 amide bonds. The van der Waals surface area contributed by atoms with Crippen molar-refractivity contribution in [3.63, 3.8) is 0 Å². The number of benzene rings is 1. The zero-order valence-electron chi connectivity index (χ0n) is 16.2. The molecule has 0 saturated carbocycles. The van der Waals surface area contributed by atoms with Crippen molar-refractivity contribution < 1.29 is 18.0 Å². The van der Waals surface area contributed by atoms with Gasteiger partial charge in [0.1, 0.15) is 11.4 Å². The van der Waals surface area contributed by atoms with Crippen LogP contribution in [0.3, 0.4) is 0 Å². The molecule has 2 aromatic rings. The molecule has 9 heteroatoms. The molecule has 1 fully saturated rings. The summed E-state index contributed by atoms with van der Waals surface area (Å²) in [5.74, 6) is -0.125. The molecule has 1 N–H and O–H groups in total. The van der Waals surface area contributed by atoms with Gasteiger partial charge in [0.05, 0.1) is 12.2 Å². The molecule has 29 heavy (non-hydrogen) atoms. The summed E-state index contributed by atoms with van der Waals surface area (Å²) >= 11 is 0. The van der Waals surface area contributed by atoms with E-state index in [1.807, 2.05) is 6.07 Å². The number of carbonyl (C=O) groups is 1. The summed E-state index contributed by atoms with van der Waals surface area (Å²) in [7, 11) is 0. The van der Waals surface area contributed by atoms with Crippen molar-refractivity contribution in [2.24, 2.45) is 0 Å². The van der Waals surface area contributed by atoms with Gasteiger partial charge in [-0.2, -0.15) is 18.3 Å². The minimum Gasteiger partial charge on any atom is -0.363 e. The summed E-state index contributed by atoms with van der Waals surface area (Å²) in [5.41, 5.74) is 0.953. The normalized spacial score (nSPS) is 22.8. The first-order chi connectivity index (χ1) is 13.9. The lowest BCUT2D eigenvalue weighted by molar-refractivity contribution is -0.173. The van der Waals surface area contributed by atoms with Crippen molar-refractivity contribution in [3.05, 3.63) is 47.7 Å². The van der Waals surface area contributed by atoms with Crippen molar-refractivity contribution in [2.45, 2.75) is 31.6 Å². The summed E-state index contributed by atoms with van der Waals surface area (Å²) in [6.45, 7) is 5.62. The third kappa shape index (κ3) is 3.83. The number of hydrogen-bond donors (Lipinski definition) is 1. The number of piperazine rings is 1. The number of alkyl halides is 3. The molecule has 0 aliphatic carbocycles. The molecule has 6 nitrogen and oxygen atoms in total. The zero-order valence-corrected chi connectivity index (χ0v) is 16.2. The van der Waals surface area contributed by atoms with Crippen LogP contribution in [-0.4, -0.2) is 64.4 Å². The molecule has 3 heterocycles. The largest absolute Gasteiger partial charge is 0.410 e. The lowest BCUT2D eigenvalue weighted by atomic mass is 9.96. The summed E-state index contributed by atoms with van der Waals surface area (Å²) in [4.78, 5) is 17.0. The maximum atomic E-state index is 13.8. The van der Waals surface area contributed by atoms with Crippen molar-refractivity contribution in [2.75, 3.05) is 38.0 Å². The Kier molecular flexibility index (Phi) is 5.24. The van der Waals surface area contributed by atoms with Crippen LogP contribution in [0.2, 0.25) is 0 Å². The number of nitrogens with one attached hydrogen (secondary N) is 1. The number of carbonyl (C=O) groups excluding carboxylic acids is 1. The number of likely N-dealkylation sites (N-methyl/N-ethyl adjacent to an activating group) is 1. The Balaban J connectivity index is 1.64. The number of rotatable bonds is 3. The van der Waals surface area contributed by atoms with Crippen LogP contribution in [0.25, 0.3) is 0 Å². The summed E-state index contributed by atoms with van der Waals surface area (Å²) in [5, 5.41) is 7.10. The van der Waals surface area contributed by atoms with Crippen LogP contribution in [0.4, 0.5) is 19.0 Å². The highest BCUT2D eigenvalue weighted by Gasteiger charge is 2.47. The Labute approximate surface area is 167 Å². The molecule has 0 spiro atoms. The van der Waals surface area contributed by atoms with E-state index in [1.165, 1.54) is 6.20 Å². The highest BCUT2D eigenvalue weighted by atomic mass is 19.4. The predicted octanol–water partition coefficient (Wildman–Crippen LogP) is 3.32. The first-order valence-corrected chi connectivity index (χ1v) is 9.85. The predicted molar refractivity (Wildman–Crippen MR) is 103 cm³/mol. The van der Waals surface area contributed by atoms with Crippen LogP contribution >= 0.6 is 0 Å². The second-order valence-electron chi connectivity index (χ2n) is 7.48. The molecule has 1 saturated heterocycles. The van der Waals surface area contributed by atoms with Gasteiger partial charge >= 0.3 is 6.18 Å². The maximum Gasteiger partial charge on any atom is 0.410 e. The number of aromatic nitrogens is 2. The molecule has 1 aromatic carbocycles. The average molecular weight is 407 g/mol. The van der Waals surface area contributed by atoms with Gasteiger partial charge in [-0.25, -0.2) is 4.68 Å². The van der Waals surface area contributed by atoms with Crippen LogP contribution in [0.15, 0.2) is 36.5 Å².